The summed E-state index contributed by atoms with van der Waals surface area (Å²) in [6.07, 6.45) is 2.85. The van der Waals surface area contributed by atoms with Crippen molar-refractivity contribution in [3.8, 4) is 33.5 Å². The summed E-state index contributed by atoms with van der Waals surface area (Å²) in [7, 11) is 1.68. The minimum atomic E-state index is -0.0921. The van der Waals surface area contributed by atoms with Crippen LogP contribution < -0.4 is 4.74 Å². The second-order valence-electron chi connectivity index (χ2n) is 9.24. The Morgan fingerprint density at radius 2 is 1.74 bits per heavy atom. The van der Waals surface area contributed by atoms with Gasteiger partial charge in [-0.3, -0.25) is 4.57 Å². The van der Waals surface area contributed by atoms with E-state index < -0.39 is 0 Å². The van der Waals surface area contributed by atoms with Gasteiger partial charge < -0.3 is 4.74 Å². The number of benzene rings is 3. The van der Waals surface area contributed by atoms with E-state index >= 15 is 0 Å². The van der Waals surface area contributed by atoms with Crippen LogP contribution in [0.4, 0.5) is 0 Å². The Kier molecular flexibility index (Phi) is 6.80. The highest BCUT2D eigenvalue weighted by atomic mass is 79.9. The van der Waals surface area contributed by atoms with Gasteiger partial charge in [0.1, 0.15) is 22.3 Å². The van der Waals surface area contributed by atoms with Crippen LogP contribution in [0.2, 0.25) is 10.0 Å². The number of aromatic nitrogens is 4. The maximum absolute atomic E-state index is 6.68. The Morgan fingerprint density at radius 1 is 1.00 bits per heavy atom. The molecule has 38 heavy (non-hydrogen) atoms. The third kappa shape index (κ3) is 4.45. The van der Waals surface area contributed by atoms with Gasteiger partial charge in [0.05, 0.1) is 17.8 Å². The maximum atomic E-state index is 6.68. The maximum Gasteiger partial charge on any atom is 0.168 e. The fraction of sp³-hybridized carbons (Fsp3) is 0.207. The average molecular weight is 626 g/mol. The Hall–Kier alpha value is -2.71. The lowest BCUT2D eigenvalue weighted by atomic mass is 9.97. The van der Waals surface area contributed by atoms with Crippen LogP contribution in [0.1, 0.15) is 36.0 Å². The standard InChI is InChI=1S/C29H23BrCl2N4OS/c1-3-24-25(27-34-35-28(38-27)29(14-15-29)17-4-11-21(37-2)12-5-17)33-26(22-13-8-19(31)16-23(22)32)36(24)20-9-6-18(30)7-10-20/h4-13,16H,3,14-15H2,1-2H3. The molecule has 2 aromatic heterocycles. The Morgan fingerprint density at radius 3 is 2.37 bits per heavy atom. The van der Waals surface area contributed by atoms with E-state index in [-0.39, 0.29) is 5.41 Å². The van der Waals surface area contributed by atoms with E-state index in [4.69, 9.17) is 32.9 Å². The third-order valence-corrected chi connectivity index (χ3v) is 9.20. The van der Waals surface area contributed by atoms with Crippen molar-refractivity contribution in [3.63, 3.8) is 0 Å². The van der Waals surface area contributed by atoms with Crippen molar-refractivity contribution in [1.29, 1.82) is 0 Å². The fourth-order valence-corrected chi connectivity index (χ4v) is 6.73. The molecule has 9 heteroatoms. The molecule has 0 amide bonds. The first kappa shape index (κ1) is 25.6. The number of rotatable bonds is 7. The van der Waals surface area contributed by atoms with E-state index in [2.05, 4.69) is 61.9 Å². The zero-order valence-electron chi connectivity index (χ0n) is 20.7. The largest absolute Gasteiger partial charge is 0.497 e. The summed E-state index contributed by atoms with van der Waals surface area (Å²) in [6, 6.07) is 22.0. The van der Waals surface area contributed by atoms with Gasteiger partial charge in [-0.2, -0.15) is 0 Å². The van der Waals surface area contributed by atoms with Gasteiger partial charge in [-0.1, -0.05) is 69.5 Å². The highest BCUT2D eigenvalue weighted by molar-refractivity contribution is 9.10. The predicted molar refractivity (Wildman–Crippen MR) is 158 cm³/mol. The SMILES string of the molecule is CCc1c(-c2nnc(C3(c4ccc(OC)cc4)CC3)s2)nc(-c2ccc(Cl)cc2Cl)n1-c1ccc(Br)cc1. The molecule has 0 bridgehead atoms. The second-order valence-corrected chi connectivity index (χ2v) is 12.0. The summed E-state index contributed by atoms with van der Waals surface area (Å²) in [5, 5.41) is 12.3. The quantitative estimate of drug-likeness (QED) is 0.181. The van der Waals surface area contributed by atoms with Gasteiger partial charge in [-0.25, -0.2) is 4.98 Å². The molecule has 0 saturated heterocycles. The number of halogens is 3. The molecule has 192 valence electrons. The molecule has 0 spiro atoms. The van der Waals surface area contributed by atoms with Crippen LogP contribution in [0.15, 0.2) is 71.2 Å². The highest BCUT2D eigenvalue weighted by Gasteiger charge is 2.49. The Balaban J connectivity index is 1.49. The van der Waals surface area contributed by atoms with Crippen LogP contribution in [0.3, 0.4) is 0 Å². The molecule has 5 nitrogen and oxygen atoms in total. The van der Waals surface area contributed by atoms with Gasteiger partial charge in [0.15, 0.2) is 5.01 Å². The molecule has 0 N–H and O–H groups in total. The molecule has 0 aliphatic heterocycles. The van der Waals surface area contributed by atoms with Crippen molar-refractivity contribution in [2.75, 3.05) is 7.11 Å². The first-order valence-corrected chi connectivity index (χ1v) is 14.6. The van der Waals surface area contributed by atoms with Crippen molar-refractivity contribution >= 4 is 50.5 Å². The first-order chi connectivity index (χ1) is 18.4. The van der Waals surface area contributed by atoms with E-state index in [1.165, 1.54) is 5.56 Å². The number of hydrogen-bond donors (Lipinski definition) is 0. The minimum absolute atomic E-state index is 0.0921. The van der Waals surface area contributed by atoms with Gasteiger partial charge in [0.25, 0.3) is 0 Å². The van der Waals surface area contributed by atoms with E-state index in [9.17, 15) is 0 Å². The molecular weight excluding hydrogens is 603 g/mol. The number of ether oxygens (including phenoxy) is 1. The van der Waals surface area contributed by atoms with Crippen LogP contribution in [-0.2, 0) is 11.8 Å². The summed E-state index contributed by atoms with van der Waals surface area (Å²) in [5.41, 5.74) is 4.82. The summed E-state index contributed by atoms with van der Waals surface area (Å²) in [6.45, 7) is 2.13. The average Bonchev–Trinajstić information content (AvgIpc) is 3.42. The molecule has 1 fully saturated rings. The van der Waals surface area contributed by atoms with E-state index in [1.54, 1.807) is 24.5 Å². The van der Waals surface area contributed by atoms with Crippen molar-refractivity contribution in [2.24, 2.45) is 0 Å². The smallest absolute Gasteiger partial charge is 0.168 e. The van der Waals surface area contributed by atoms with E-state index in [0.717, 1.165) is 68.0 Å². The summed E-state index contributed by atoms with van der Waals surface area (Å²) in [5.74, 6) is 1.59. The lowest BCUT2D eigenvalue weighted by Crippen LogP contribution is -2.08. The molecule has 0 radical (unpaired) electrons. The van der Waals surface area contributed by atoms with E-state index in [1.807, 2.05) is 36.4 Å². The fourth-order valence-electron chi connectivity index (χ4n) is 4.84. The Bertz CT molecular complexity index is 1630. The van der Waals surface area contributed by atoms with Crippen molar-refractivity contribution < 1.29 is 4.74 Å². The minimum Gasteiger partial charge on any atom is -0.497 e. The zero-order valence-corrected chi connectivity index (χ0v) is 24.6. The molecule has 3 aromatic carbocycles. The van der Waals surface area contributed by atoms with Gasteiger partial charge in [0, 0.05) is 26.2 Å². The molecule has 0 atom stereocenters. The molecular formula is C29H23BrCl2N4OS. The molecule has 0 unspecified atom stereocenters. The normalized spacial score (nSPS) is 14.0. The summed E-state index contributed by atoms with van der Waals surface area (Å²) >= 11 is 18.1. The Labute approximate surface area is 243 Å². The van der Waals surface area contributed by atoms with Crippen LogP contribution in [0.25, 0.3) is 27.8 Å². The molecule has 6 rings (SSSR count). The third-order valence-electron chi connectivity index (χ3n) is 6.99. The lowest BCUT2D eigenvalue weighted by Gasteiger charge is -2.13. The molecule has 2 heterocycles. The van der Waals surface area contributed by atoms with Crippen LogP contribution in [0, 0.1) is 0 Å². The number of hydrogen-bond acceptors (Lipinski definition) is 5. The molecule has 5 aromatic rings. The number of methoxy groups -OCH3 is 1. The highest BCUT2D eigenvalue weighted by Crippen LogP contribution is 2.55. The molecule has 1 aliphatic carbocycles. The number of nitrogens with zero attached hydrogens (tertiary/aromatic N) is 4. The van der Waals surface area contributed by atoms with Gasteiger partial charge in [-0.05, 0) is 79.4 Å². The van der Waals surface area contributed by atoms with Crippen LogP contribution in [0.5, 0.6) is 5.75 Å². The molecule has 1 aliphatic rings. The summed E-state index contributed by atoms with van der Waals surface area (Å²) in [4.78, 5) is 5.14. The monoisotopic (exact) mass is 624 g/mol. The van der Waals surface area contributed by atoms with Crippen molar-refractivity contribution in [2.45, 2.75) is 31.6 Å². The summed E-state index contributed by atoms with van der Waals surface area (Å²) < 4.78 is 8.52. The van der Waals surface area contributed by atoms with Gasteiger partial charge >= 0.3 is 0 Å². The first-order valence-electron chi connectivity index (χ1n) is 12.3. The predicted octanol–water partition coefficient (Wildman–Crippen LogP) is 8.78. The van der Waals surface area contributed by atoms with Crippen LogP contribution in [-0.4, -0.2) is 26.9 Å². The van der Waals surface area contributed by atoms with Crippen LogP contribution >= 0.6 is 50.5 Å². The lowest BCUT2D eigenvalue weighted by molar-refractivity contribution is 0.414. The van der Waals surface area contributed by atoms with Crippen molar-refractivity contribution in [3.05, 3.63) is 97.5 Å². The number of imidazole rings is 1. The van der Waals surface area contributed by atoms with Crippen molar-refractivity contribution in [1.82, 2.24) is 19.7 Å². The topological polar surface area (TPSA) is 52.8 Å². The van der Waals surface area contributed by atoms with Gasteiger partial charge in [0.2, 0.25) is 0 Å². The molecule has 1 saturated carbocycles. The second kappa shape index (κ2) is 10.1. The van der Waals surface area contributed by atoms with E-state index in [0.29, 0.717) is 10.0 Å². The zero-order chi connectivity index (χ0) is 26.4. The van der Waals surface area contributed by atoms with Gasteiger partial charge in [-0.15, -0.1) is 10.2 Å².